The van der Waals surface area contributed by atoms with E-state index in [2.05, 4.69) is 42.7 Å². The van der Waals surface area contributed by atoms with Gasteiger partial charge in [0.1, 0.15) is 18.4 Å². The molecule has 3 heterocycles. The van der Waals surface area contributed by atoms with Crippen molar-refractivity contribution in [3.8, 4) is 11.5 Å². The summed E-state index contributed by atoms with van der Waals surface area (Å²) in [5.41, 5.74) is 3.04. The summed E-state index contributed by atoms with van der Waals surface area (Å²) < 4.78 is 27.3. The van der Waals surface area contributed by atoms with E-state index >= 15 is 0 Å². The summed E-state index contributed by atoms with van der Waals surface area (Å²) in [4.78, 5) is 19.2. The van der Waals surface area contributed by atoms with Crippen LogP contribution in [0.15, 0.2) is 36.0 Å². The van der Waals surface area contributed by atoms with Crippen LogP contribution < -0.4 is 9.47 Å². The van der Waals surface area contributed by atoms with Gasteiger partial charge < -0.3 is 23.8 Å². The van der Waals surface area contributed by atoms with Gasteiger partial charge in [0.25, 0.3) is 5.91 Å². The summed E-state index contributed by atoms with van der Waals surface area (Å²) in [7, 11) is 4.24. The molecule has 2 spiro atoms. The number of hydrogen-bond acceptors (Lipinski definition) is 7. The normalized spacial score (nSPS) is 32.2. The molecule has 3 fully saturated rings. The number of nitrogens with zero attached hydrogens (tertiary/aromatic N) is 4. The summed E-state index contributed by atoms with van der Waals surface area (Å²) >= 11 is 0. The first-order valence-electron chi connectivity index (χ1n) is 17.3. The van der Waals surface area contributed by atoms with Crippen LogP contribution in [-0.4, -0.2) is 92.3 Å². The molecule has 5 atom stereocenters. The smallest absolute Gasteiger partial charge is 0.252 e. The van der Waals surface area contributed by atoms with Crippen molar-refractivity contribution in [3.63, 3.8) is 0 Å². The molecule has 9 nitrogen and oxygen atoms in total. The number of fused-ring (bicyclic) bond motifs is 1. The van der Waals surface area contributed by atoms with Crippen LogP contribution in [0.1, 0.15) is 48.9 Å². The van der Waals surface area contributed by atoms with Gasteiger partial charge in [-0.3, -0.25) is 9.69 Å². The van der Waals surface area contributed by atoms with Crippen LogP contribution in [0, 0.1) is 11.3 Å². The number of benzene rings is 1. The van der Waals surface area contributed by atoms with Crippen molar-refractivity contribution in [3.05, 3.63) is 52.9 Å². The Bertz CT molecular complexity index is 1580. The van der Waals surface area contributed by atoms with Crippen molar-refractivity contribution in [2.45, 2.75) is 101 Å². The number of ether oxygens (including phenoxy) is 4. The minimum atomic E-state index is -1.14. The molecule has 0 unspecified atom stereocenters. The summed E-state index contributed by atoms with van der Waals surface area (Å²) in [6.07, 6.45) is 10.5. The molecule has 5 aliphatic carbocycles. The maximum Gasteiger partial charge on any atom is 0.252 e. The van der Waals surface area contributed by atoms with Gasteiger partial charge in [0.15, 0.2) is 11.5 Å². The lowest BCUT2D eigenvalue weighted by Crippen LogP contribution is -2.78. The van der Waals surface area contributed by atoms with Crippen molar-refractivity contribution in [1.29, 1.82) is 0 Å². The molecular formula is C36H50N4O5Si. The molecule has 9 rings (SSSR count). The van der Waals surface area contributed by atoms with Gasteiger partial charge >= 0.3 is 0 Å². The predicted octanol–water partition coefficient (Wildman–Crippen LogP) is 5.01. The second-order valence-corrected chi connectivity index (χ2v) is 21.7. The van der Waals surface area contributed by atoms with Gasteiger partial charge in [0.05, 0.1) is 24.8 Å². The van der Waals surface area contributed by atoms with Crippen LogP contribution in [0.2, 0.25) is 25.7 Å². The Balaban J connectivity index is 1.12. The molecular weight excluding hydrogens is 597 g/mol. The molecule has 10 heteroatoms. The highest BCUT2D eigenvalue weighted by atomic mass is 28.3. The molecule has 7 aliphatic rings. The third-order valence-corrected chi connectivity index (χ3v) is 14.0. The van der Waals surface area contributed by atoms with E-state index in [4.69, 9.17) is 24.0 Å². The Hall–Kier alpha value is -2.66. The average molecular weight is 647 g/mol. The SMILES string of the molecule is COc1ccc2c3c1O[C@@H]1[C@]34CCN(CC3CC3)[C@H](C2)[C@@]42C=C(C(=O)N(C)Cc3ccn(COCC[Si](C)(C)C)n3)[C@]1(OC)CC2. The molecule has 1 amide bonds. The molecule has 0 radical (unpaired) electrons. The number of amides is 1. The van der Waals surface area contributed by atoms with E-state index in [9.17, 15) is 4.79 Å². The van der Waals surface area contributed by atoms with Crippen LogP contribution in [0.5, 0.6) is 11.5 Å². The molecule has 46 heavy (non-hydrogen) atoms. The van der Waals surface area contributed by atoms with Gasteiger partial charge in [-0.2, -0.15) is 5.10 Å². The highest BCUT2D eigenvalue weighted by Gasteiger charge is 2.79. The fraction of sp³-hybridized carbons (Fsp3) is 0.667. The fourth-order valence-corrected chi connectivity index (χ4v) is 10.6. The summed E-state index contributed by atoms with van der Waals surface area (Å²) in [6, 6.07) is 7.79. The highest BCUT2D eigenvalue weighted by molar-refractivity contribution is 6.76. The largest absolute Gasteiger partial charge is 0.493 e. The van der Waals surface area contributed by atoms with Crippen LogP contribution in [0.4, 0.5) is 0 Å². The van der Waals surface area contributed by atoms with Crippen LogP contribution >= 0.6 is 0 Å². The van der Waals surface area contributed by atoms with Gasteiger partial charge in [-0.25, -0.2) is 4.68 Å². The quantitative estimate of drug-likeness (QED) is 0.237. The van der Waals surface area contributed by atoms with E-state index in [1.165, 1.54) is 24.0 Å². The Morgan fingerprint density at radius 3 is 2.72 bits per heavy atom. The number of hydrogen-bond donors (Lipinski definition) is 0. The van der Waals surface area contributed by atoms with Gasteiger partial charge in [0, 0.05) is 64.2 Å². The van der Waals surface area contributed by atoms with Crippen molar-refractivity contribution in [2.75, 3.05) is 41.0 Å². The highest BCUT2D eigenvalue weighted by Crippen LogP contribution is 2.75. The van der Waals surface area contributed by atoms with Crippen LogP contribution in [0.25, 0.3) is 0 Å². The number of carbonyl (C=O) groups is 1. The maximum atomic E-state index is 14.6. The minimum Gasteiger partial charge on any atom is -0.493 e. The molecule has 2 aliphatic heterocycles. The molecule has 1 aromatic carbocycles. The third-order valence-electron chi connectivity index (χ3n) is 12.3. The number of methoxy groups -OCH3 is 2. The van der Waals surface area contributed by atoms with Gasteiger partial charge in [0.2, 0.25) is 0 Å². The fourth-order valence-electron chi connectivity index (χ4n) is 9.86. The molecule has 248 valence electrons. The lowest BCUT2D eigenvalue weighted by atomic mass is 9.37. The lowest BCUT2D eigenvalue weighted by Gasteiger charge is -2.70. The Morgan fingerprint density at radius 1 is 1.15 bits per heavy atom. The van der Waals surface area contributed by atoms with E-state index in [1.807, 2.05) is 28.9 Å². The standard InChI is InChI=1S/C36H50N4O5Si/c1-38(22-26-11-15-40(37-26)23-44-17-18-46(4,5)6)32(41)27-20-34-12-13-36(27,43-3)33-35(34)14-16-39(21-24-7-8-24)29(34)19-25-9-10-28(42-2)31(45-33)30(25)35/h9-11,15,20,24,29,33H,7-8,12-14,16-19,21-23H2,1-6H3/t29-,33-,34-,35+,36-/m1/s1. The average Bonchev–Trinajstić information content (AvgIpc) is 3.62. The van der Waals surface area contributed by atoms with Gasteiger partial charge in [-0.15, -0.1) is 0 Å². The maximum absolute atomic E-state index is 14.6. The number of likely N-dealkylation sites (tertiary alicyclic amines) is 1. The number of rotatable bonds is 12. The number of piperidine rings is 1. The third kappa shape index (κ3) is 4.35. The predicted molar refractivity (Wildman–Crippen MR) is 178 cm³/mol. The Kier molecular flexibility index (Phi) is 7.11. The van der Waals surface area contributed by atoms with E-state index < -0.39 is 13.7 Å². The summed E-state index contributed by atoms with van der Waals surface area (Å²) in [6.45, 7) is 10.9. The topological polar surface area (TPSA) is 78.3 Å². The number of carbonyl (C=O) groups excluding carboxylic acids is 1. The van der Waals surface area contributed by atoms with Crippen molar-refractivity contribution >= 4 is 14.0 Å². The lowest BCUT2D eigenvalue weighted by molar-refractivity contribution is -0.198. The Morgan fingerprint density at radius 2 is 1.98 bits per heavy atom. The van der Waals surface area contributed by atoms with Gasteiger partial charge in [-0.05, 0) is 74.7 Å². The summed E-state index contributed by atoms with van der Waals surface area (Å²) in [5, 5.41) is 4.74. The molecule has 1 saturated heterocycles. The summed E-state index contributed by atoms with van der Waals surface area (Å²) in [5.74, 6) is 2.47. The molecule has 1 aromatic heterocycles. The molecule has 2 saturated carbocycles. The Labute approximate surface area is 274 Å². The first-order chi connectivity index (χ1) is 22.0. The van der Waals surface area contributed by atoms with Crippen LogP contribution in [0.3, 0.4) is 0 Å². The minimum absolute atomic E-state index is 0.000783. The zero-order valence-electron chi connectivity index (χ0n) is 28.4. The second-order valence-electron chi connectivity index (χ2n) is 16.1. The number of aromatic nitrogens is 2. The van der Waals surface area contributed by atoms with E-state index in [0.29, 0.717) is 19.3 Å². The first kappa shape index (κ1) is 30.7. The van der Waals surface area contributed by atoms with Crippen LogP contribution in [-0.2, 0) is 39.4 Å². The van der Waals surface area contributed by atoms with Crippen molar-refractivity contribution in [2.24, 2.45) is 11.3 Å². The van der Waals surface area contributed by atoms with Gasteiger partial charge in [-0.1, -0.05) is 31.8 Å². The zero-order valence-corrected chi connectivity index (χ0v) is 29.4. The van der Waals surface area contributed by atoms with E-state index in [0.717, 1.165) is 80.1 Å². The molecule has 2 aromatic rings. The monoisotopic (exact) mass is 646 g/mol. The van der Waals surface area contributed by atoms with E-state index in [1.54, 1.807) is 14.2 Å². The van der Waals surface area contributed by atoms with Crippen molar-refractivity contribution < 1.29 is 23.7 Å². The first-order valence-corrected chi connectivity index (χ1v) is 21.0. The number of likely N-dealkylation sites (N-methyl/N-ethyl adjacent to an activating group) is 1. The van der Waals surface area contributed by atoms with Crippen molar-refractivity contribution in [1.82, 2.24) is 19.6 Å². The molecule has 4 bridgehead atoms. The second kappa shape index (κ2) is 10.7. The molecule has 0 N–H and O–H groups in total. The van der Waals surface area contributed by atoms with E-state index in [-0.39, 0.29) is 22.8 Å². The zero-order chi connectivity index (χ0) is 32.1.